The van der Waals surface area contributed by atoms with Crippen molar-refractivity contribution in [2.45, 2.75) is 32.5 Å². The van der Waals surface area contributed by atoms with Crippen LogP contribution in [0.3, 0.4) is 0 Å². The average molecular weight is 279 g/mol. The number of nitrogens with zero attached hydrogens (tertiary/aromatic N) is 1. The molecule has 0 heterocycles. The molecular weight excluding hydrogens is 262 g/mol. The smallest absolute Gasteiger partial charge is 0.336 e. The fraction of sp³-hybridized carbons (Fsp3) is 0.357. The molecule has 0 aliphatic heterocycles. The highest BCUT2D eigenvalue weighted by Crippen LogP contribution is 2.24. The van der Waals surface area contributed by atoms with Gasteiger partial charge in [0.2, 0.25) is 0 Å². The van der Waals surface area contributed by atoms with E-state index in [1.807, 2.05) is 0 Å². The second-order valence-corrected chi connectivity index (χ2v) is 5.28. The quantitative estimate of drug-likeness (QED) is 0.396. The van der Waals surface area contributed by atoms with Crippen LogP contribution in [0.5, 0.6) is 0 Å². The van der Waals surface area contributed by atoms with Gasteiger partial charge in [-0.3, -0.25) is 10.1 Å². The molecule has 0 fully saturated rings. The first-order chi connectivity index (χ1) is 9.11. The molecule has 0 radical (unpaired) electrons. The van der Waals surface area contributed by atoms with E-state index in [9.17, 15) is 20.0 Å². The van der Waals surface area contributed by atoms with Crippen LogP contribution in [0.25, 0.3) is 0 Å². The molecule has 108 valence electrons. The molecule has 0 bridgehead atoms. The summed E-state index contributed by atoms with van der Waals surface area (Å²) in [5.74, 6) is -0.705. The molecule has 0 spiro atoms. The van der Waals surface area contributed by atoms with Gasteiger partial charge in [0.25, 0.3) is 5.69 Å². The number of benzene rings is 1. The molecule has 6 heteroatoms. The van der Waals surface area contributed by atoms with E-state index < -0.39 is 22.6 Å². The minimum Gasteiger partial charge on any atom is -0.457 e. The van der Waals surface area contributed by atoms with Crippen LogP contribution >= 0.6 is 0 Å². The highest BCUT2D eigenvalue weighted by molar-refractivity contribution is 5.89. The summed E-state index contributed by atoms with van der Waals surface area (Å²) >= 11 is 0. The number of aliphatic hydroxyl groups is 1. The monoisotopic (exact) mass is 279 g/mol. The normalized spacial score (nSPS) is 12.6. The van der Waals surface area contributed by atoms with E-state index in [0.717, 1.165) is 0 Å². The predicted molar refractivity (Wildman–Crippen MR) is 73.0 cm³/mol. The summed E-state index contributed by atoms with van der Waals surface area (Å²) in [6.45, 7) is 8.63. The molecule has 1 unspecified atom stereocenters. The summed E-state index contributed by atoms with van der Waals surface area (Å²) in [7, 11) is 0. The van der Waals surface area contributed by atoms with Gasteiger partial charge in [-0.05, 0) is 38.5 Å². The molecule has 1 aromatic carbocycles. The number of rotatable bonds is 4. The number of nitro groups is 1. The van der Waals surface area contributed by atoms with Crippen LogP contribution in [-0.4, -0.2) is 21.6 Å². The van der Waals surface area contributed by atoms with E-state index in [1.165, 1.54) is 24.3 Å². The molecule has 1 atom stereocenters. The highest BCUT2D eigenvalue weighted by Gasteiger charge is 2.24. The maximum atomic E-state index is 11.8. The molecule has 0 saturated heterocycles. The van der Waals surface area contributed by atoms with Crippen molar-refractivity contribution in [2.75, 3.05) is 0 Å². The lowest BCUT2D eigenvalue weighted by molar-refractivity contribution is -0.384. The maximum absolute atomic E-state index is 11.8. The van der Waals surface area contributed by atoms with E-state index >= 15 is 0 Å². The van der Waals surface area contributed by atoms with Crippen LogP contribution in [0.2, 0.25) is 0 Å². The first-order valence-electron chi connectivity index (χ1n) is 5.96. The zero-order valence-corrected chi connectivity index (χ0v) is 11.6. The van der Waals surface area contributed by atoms with Gasteiger partial charge in [0.15, 0.2) is 0 Å². The molecule has 6 nitrogen and oxygen atoms in total. The van der Waals surface area contributed by atoms with Gasteiger partial charge in [-0.25, -0.2) is 4.79 Å². The van der Waals surface area contributed by atoms with Gasteiger partial charge < -0.3 is 9.84 Å². The Labute approximate surface area is 116 Å². The Balaban J connectivity index is 2.84. The third-order valence-corrected chi connectivity index (χ3v) is 2.41. The molecule has 0 aliphatic rings. The number of hydrogen-bond acceptors (Lipinski definition) is 5. The standard InChI is InChI=1S/C14H17NO5/c1-9(13(17)20-14(2,3)4)12(16)10-5-7-11(8-6-10)15(18)19/h5-8,12,16H,1H2,2-4H3. The number of carbonyl (C=O) groups excluding carboxylic acids is 1. The van der Waals surface area contributed by atoms with Gasteiger partial charge in [-0.15, -0.1) is 0 Å². The van der Waals surface area contributed by atoms with Crippen LogP contribution in [0.1, 0.15) is 32.4 Å². The van der Waals surface area contributed by atoms with Crippen molar-refractivity contribution in [1.29, 1.82) is 0 Å². The molecule has 0 amide bonds. The SMILES string of the molecule is C=C(C(=O)OC(C)(C)C)C(O)c1ccc([N+](=O)[O-])cc1. The van der Waals surface area contributed by atoms with Crippen molar-refractivity contribution in [3.8, 4) is 0 Å². The van der Waals surface area contributed by atoms with Gasteiger partial charge in [-0.1, -0.05) is 6.58 Å². The lowest BCUT2D eigenvalue weighted by atomic mass is 10.0. The number of nitro benzene ring substituents is 1. The van der Waals surface area contributed by atoms with Gasteiger partial charge in [0.1, 0.15) is 11.7 Å². The highest BCUT2D eigenvalue weighted by atomic mass is 16.6. The van der Waals surface area contributed by atoms with Crippen molar-refractivity contribution >= 4 is 11.7 Å². The van der Waals surface area contributed by atoms with Crippen molar-refractivity contribution < 1.29 is 19.6 Å². The van der Waals surface area contributed by atoms with Gasteiger partial charge >= 0.3 is 5.97 Å². The molecule has 20 heavy (non-hydrogen) atoms. The Morgan fingerprint density at radius 1 is 1.35 bits per heavy atom. The van der Waals surface area contributed by atoms with E-state index in [2.05, 4.69) is 6.58 Å². The minimum atomic E-state index is -1.26. The molecule has 0 saturated carbocycles. The van der Waals surface area contributed by atoms with Crippen LogP contribution in [0.15, 0.2) is 36.4 Å². The van der Waals surface area contributed by atoms with Crippen molar-refractivity contribution in [3.05, 3.63) is 52.1 Å². The number of ether oxygens (including phenoxy) is 1. The first-order valence-corrected chi connectivity index (χ1v) is 5.96. The molecular formula is C14H17NO5. The van der Waals surface area contributed by atoms with Crippen LogP contribution in [0.4, 0.5) is 5.69 Å². The summed E-state index contributed by atoms with van der Waals surface area (Å²) in [6, 6.07) is 5.25. The third-order valence-electron chi connectivity index (χ3n) is 2.41. The molecule has 1 aromatic rings. The maximum Gasteiger partial charge on any atom is 0.336 e. The Hall–Kier alpha value is -2.21. The molecule has 0 aliphatic carbocycles. The van der Waals surface area contributed by atoms with E-state index in [4.69, 9.17) is 4.74 Å². The summed E-state index contributed by atoms with van der Waals surface area (Å²) in [6.07, 6.45) is -1.26. The lowest BCUT2D eigenvalue weighted by Crippen LogP contribution is -2.26. The summed E-state index contributed by atoms with van der Waals surface area (Å²) in [5, 5.41) is 20.5. The largest absolute Gasteiger partial charge is 0.457 e. The Morgan fingerprint density at radius 3 is 2.25 bits per heavy atom. The van der Waals surface area contributed by atoms with Gasteiger partial charge in [0, 0.05) is 12.1 Å². The number of aliphatic hydroxyl groups excluding tert-OH is 1. The number of esters is 1. The third kappa shape index (κ3) is 4.17. The second-order valence-electron chi connectivity index (χ2n) is 5.28. The average Bonchev–Trinajstić information content (AvgIpc) is 2.35. The fourth-order valence-electron chi connectivity index (χ4n) is 1.43. The van der Waals surface area contributed by atoms with Crippen LogP contribution in [-0.2, 0) is 9.53 Å². The van der Waals surface area contributed by atoms with Crippen LogP contribution in [0, 0.1) is 10.1 Å². The second kappa shape index (κ2) is 5.83. The van der Waals surface area contributed by atoms with E-state index in [-0.39, 0.29) is 11.3 Å². The van der Waals surface area contributed by atoms with E-state index in [0.29, 0.717) is 5.56 Å². The van der Waals surface area contributed by atoms with Crippen molar-refractivity contribution in [3.63, 3.8) is 0 Å². The first kappa shape index (κ1) is 15.8. The van der Waals surface area contributed by atoms with Gasteiger partial charge in [-0.2, -0.15) is 0 Å². The molecule has 0 aromatic heterocycles. The lowest BCUT2D eigenvalue weighted by Gasteiger charge is -2.22. The van der Waals surface area contributed by atoms with Crippen molar-refractivity contribution in [2.24, 2.45) is 0 Å². The Bertz CT molecular complexity index is 527. The van der Waals surface area contributed by atoms with E-state index in [1.54, 1.807) is 20.8 Å². The molecule has 1 rings (SSSR count). The summed E-state index contributed by atoms with van der Waals surface area (Å²) in [5.41, 5.74) is -0.557. The Kier molecular flexibility index (Phi) is 4.62. The van der Waals surface area contributed by atoms with Gasteiger partial charge in [0.05, 0.1) is 10.5 Å². The fourth-order valence-corrected chi connectivity index (χ4v) is 1.43. The summed E-state index contributed by atoms with van der Waals surface area (Å²) < 4.78 is 5.10. The summed E-state index contributed by atoms with van der Waals surface area (Å²) in [4.78, 5) is 21.7. The zero-order valence-electron chi connectivity index (χ0n) is 11.6. The van der Waals surface area contributed by atoms with Crippen LogP contribution < -0.4 is 0 Å². The minimum absolute atomic E-state index is 0.0937. The zero-order chi connectivity index (χ0) is 15.5. The topological polar surface area (TPSA) is 89.7 Å². The number of carbonyl (C=O) groups is 1. The predicted octanol–water partition coefficient (Wildman–Crippen LogP) is 2.53. The number of non-ortho nitro benzene ring substituents is 1. The van der Waals surface area contributed by atoms with Crippen molar-refractivity contribution in [1.82, 2.24) is 0 Å². The number of hydrogen-bond donors (Lipinski definition) is 1. The molecule has 1 N–H and O–H groups in total. The Morgan fingerprint density at radius 2 is 1.85 bits per heavy atom.